The maximum Gasteiger partial charge on any atom is 0.266 e. The highest BCUT2D eigenvalue weighted by molar-refractivity contribution is 8.00. The number of thioether (sulfide) groups is 1. The third-order valence-corrected chi connectivity index (χ3v) is 12.0. The predicted molar refractivity (Wildman–Crippen MR) is 230 cm³/mol. The number of aromatic nitrogens is 2. The van der Waals surface area contributed by atoms with E-state index in [9.17, 15) is 24.0 Å². The fourth-order valence-corrected chi connectivity index (χ4v) is 8.40. The van der Waals surface area contributed by atoms with Crippen molar-refractivity contribution in [3.8, 4) is 5.75 Å². The number of thiazole rings is 1. The maximum absolute atomic E-state index is 13.3. The van der Waals surface area contributed by atoms with Crippen LogP contribution in [0.2, 0.25) is 0 Å². The summed E-state index contributed by atoms with van der Waals surface area (Å²) in [6, 6.07) is 3.57. The number of imide groups is 1. The lowest BCUT2D eigenvalue weighted by Crippen LogP contribution is -2.48. The molecule has 0 aliphatic carbocycles. The number of rotatable bonds is 26. The molecule has 1 atom stereocenters. The van der Waals surface area contributed by atoms with Gasteiger partial charge in [-0.05, 0) is 44.5 Å². The molecule has 0 saturated carbocycles. The Bertz CT molecular complexity index is 1960. The van der Waals surface area contributed by atoms with Gasteiger partial charge in [-0.1, -0.05) is 44.8 Å². The topological polar surface area (TPSA) is 204 Å². The van der Waals surface area contributed by atoms with Crippen LogP contribution < -0.4 is 20.7 Å². The van der Waals surface area contributed by atoms with Crippen LogP contribution in [0.4, 0.5) is 5.13 Å². The van der Waals surface area contributed by atoms with Gasteiger partial charge in [-0.3, -0.25) is 29.0 Å². The normalized spacial score (nSPS) is 15.1. The molecule has 0 spiro atoms. The maximum atomic E-state index is 13.3. The number of carbonyl (C=O) groups is 5. The first-order valence-corrected chi connectivity index (χ1v) is 22.2. The Balaban J connectivity index is 0.854. The third kappa shape index (κ3) is 13.9. The van der Waals surface area contributed by atoms with Gasteiger partial charge in [0.25, 0.3) is 11.8 Å². The van der Waals surface area contributed by atoms with Gasteiger partial charge >= 0.3 is 0 Å². The molecule has 2 aliphatic heterocycles. The molecule has 2 aromatic heterocycles. The average Bonchev–Trinajstić information content (AvgIpc) is 3.98. The van der Waals surface area contributed by atoms with Crippen molar-refractivity contribution in [3.05, 3.63) is 65.6 Å². The van der Waals surface area contributed by atoms with Crippen LogP contribution in [0.3, 0.4) is 0 Å². The molecule has 2 aliphatic rings. The lowest BCUT2D eigenvalue weighted by molar-refractivity contribution is -0.125. The van der Waals surface area contributed by atoms with Gasteiger partial charge in [0.2, 0.25) is 17.7 Å². The number of piperidine rings is 1. The summed E-state index contributed by atoms with van der Waals surface area (Å²) < 4.78 is 29.4. The van der Waals surface area contributed by atoms with Crippen molar-refractivity contribution in [1.29, 1.82) is 0 Å². The number of amides is 4. The van der Waals surface area contributed by atoms with Crippen LogP contribution >= 0.6 is 23.1 Å². The van der Waals surface area contributed by atoms with E-state index in [0.29, 0.717) is 70.0 Å². The van der Waals surface area contributed by atoms with Crippen LogP contribution in [0.25, 0.3) is 0 Å². The van der Waals surface area contributed by atoms with Crippen LogP contribution in [0, 0.1) is 5.92 Å². The van der Waals surface area contributed by atoms with E-state index >= 15 is 0 Å². The number of likely N-dealkylation sites (N-methyl/N-ethyl adjacent to an activating group) is 1. The highest BCUT2D eigenvalue weighted by atomic mass is 32.2. The van der Waals surface area contributed by atoms with E-state index in [1.54, 1.807) is 41.4 Å². The molecule has 0 radical (unpaired) electrons. The van der Waals surface area contributed by atoms with E-state index in [2.05, 4.69) is 58.2 Å². The zero-order valence-corrected chi connectivity index (χ0v) is 37.0. The number of allylic oxidation sites excluding steroid dienone is 1. The fraction of sp³-hybridized carbons (Fsp3) is 0.548. The first-order valence-electron chi connectivity index (χ1n) is 20.4. The summed E-state index contributed by atoms with van der Waals surface area (Å²) in [6.45, 7) is 15.0. The second-order valence-corrected chi connectivity index (χ2v) is 17.7. The van der Waals surface area contributed by atoms with Crippen molar-refractivity contribution in [2.24, 2.45) is 5.92 Å². The zero-order chi connectivity index (χ0) is 43.8. The number of ether oxygens (including phenoxy) is 4. The number of nitrogens with one attached hydrogen (secondary N) is 3. The van der Waals surface area contributed by atoms with E-state index in [1.807, 2.05) is 6.20 Å². The van der Waals surface area contributed by atoms with Gasteiger partial charge in [0.15, 0.2) is 5.13 Å². The SMILES string of the molecule is C=C(Nc1ncc(SCc2ncc(C(C)(C)C)o2)s1)C1CCN(CC(=O)NCCOCCOCCOCCOc2cccc3c2C(=O)N(C(CCC=O)C(=O)NC)C3=O)CC1. The van der Waals surface area contributed by atoms with Crippen LogP contribution in [-0.4, -0.2) is 135 Å². The number of benzene rings is 1. The molecule has 19 heteroatoms. The number of oxazole rings is 1. The summed E-state index contributed by atoms with van der Waals surface area (Å²) in [7, 11) is 1.40. The molecular weight excluding hydrogens is 827 g/mol. The molecule has 3 N–H and O–H groups in total. The van der Waals surface area contributed by atoms with Gasteiger partial charge in [0.1, 0.15) is 30.4 Å². The molecule has 332 valence electrons. The largest absolute Gasteiger partial charge is 0.490 e. The lowest BCUT2D eigenvalue weighted by Gasteiger charge is -2.32. The van der Waals surface area contributed by atoms with E-state index in [-0.39, 0.29) is 54.3 Å². The Hall–Kier alpha value is -4.66. The Morgan fingerprint density at radius 3 is 2.39 bits per heavy atom. The first kappa shape index (κ1) is 47.4. The molecule has 5 rings (SSSR count). The molecule has 4 heterocycles. The molecular formula is C42H57N7O10S2. The number of hydrogen-bond acceptors (Lipinski definition) is 16. The van der Waals surface area contributed by atoms with E-state index in [4.69, 9.17) is 23.4 Å². The van der Waals surface area contributed by atoms with Gasteiger partial charge in [0.05, 0.1) is 79.7 Å². The monoisotopic (exact) mass is 883 g/mol. The number of hydrogen-bond donors (Lipinski definition) is 3. The van der Waals surface area contributed by atoms with Crippen molar-refractivity contribution in [2.45, 2.75) is 67.9 Å². The molecule has 61 heavy (non-hydrogen) atoms. The van der Waals surface area contributed by atoms with Gasteiger partial charge < -0.3 is 44.1 Å². The van der Waals surface area contributed by atoms with Crippen molar-refractivity contribution in [1.82, 2.24) is 30.4 Å². The predicted octanol–water partition coefficient (Wildman–Crippen LogP) is 4.29. The number of aldehydes is 1. The van der Waals surface area contributed by atoms with Crippen molar-refractivity contribution >= 4 is 58.1 Å². The number of likely N-dealkylation sites (tertiary alicyclic amines) is 1. The van der Waals surface area contributed by atoms with Crippen LogP contribution in [0.5, 0.6) is 5.75 Å². The van der Waals surface area contributed by atoms with Crippen LogP contribution in [0.1, 0.15) is 78.8 Å². The molecule has 17 nitrogen and oxygen atoms in total. The molecule has 1 fully saturated rings. The highest BCUT2D eigenvalue weighted by Gasteiger charge is 2.44. The van der Waals surface area contributed by atoms with Crippen molar-refractivity contribution in [2.75, 3.05) is 84.8 Å². The summed E-state index contributed by atoms with van der Waals surface area (Å²) >= 11 is 3.23. The zero-order valence-electron chi connectivity index (χ0n) is 35.3. The summed E-state index contributed by atoms with van der Waals surface area (Å²) in [5, 5.41) is 9.58. The standard InChI is InChI=1S/C42H57N7O10S2/c1-28(47-41-46-25-36(61-41)60-27-35-45-24-33(59-35)42(2,3)4)29-11-14-48(15-12-29)26-34(51)44-13-17-55-18-19-56-20-21-57-22-23-58-32-10-6-8-30-37(32)40(54)49(39(30)53)31(9-7-16-50)38(52)43-5/h6,8,10,16,24-25,29,31H,1,7,9,11-15,17-23,26-27H2,2-5H3,(H,43,52)(H,44,51)(H,46,47). The molecule has 1 aromatic carbocycles. The quantitative estimate of drug-likeness (QED) is 0.0446. The van der Waals surface area contributed by atoms with Gasteiger partial charge in [0, 0.05) is 37.0 Å². The fourth-order valence-electron chi connectivity index (χ4n) is 6.64. The summed E-state index contributed by atoms with van der Waals surface area (Å²) in [5.41, 5.74) is 1.09. The molecule has 0 bridgehead atoms. The summed E-state index contributed by atoms with van der Waals surface area (Å²) in [4.78, 5) is 74.2. The van der Waals surface area contributed by atoms with Gasteiger partial charge in [-0.15, -0.1) is 11.8 Å². The highest BCUT2D eigenvalue weighted by Crippen LogP contribution is 2.35. The Labute approximate surface area is 364 Å². The van der Waals surface area contributed by atoms with Crippen molar-refractivity contribution < 1.29 is 47.3 Å². The van der Waals surface area contributed by atoms with E-state index in [0.717, 1.165) is 51.6 Å². The molecule has 1 unspecified atom stereocenters. The molecule has 1 saturated heterocycles. The van der Waals surface area contributed by atoms with Gasteiger partial charge in [-0.25, -0.2) is 9.97 Å². The minimum absolute atomic E-state index is 0.0186. The van der Waals surface area contributed by atoms with Crippen LogP contribution in [0.15, 0.2) is 51.5 Å². The number of anilines is 1. The number of fused-ring (bicyclic) bond motifs is 1. The Morgan fingerprint density at radius 1 is 1.02 bits per heavy atom. The number of nitrogens with zero attached hydrogens (tertiary/aromatic N) is 4. The molecule has 4 amide bonds. The average molecular weight is 884 g/mol. The summed E-state index contributed by atoms with van der Waals surface area (Å²) in [5.74, 6) is 0.898. The Morgan fingerprint density at radius 2 is 1.72 bits per heavy atom. The van der Waals surface area contributed by atoms with Gasteiger partial charge in [-0.2, -0.15) is 0 Å². The minimum Gasteiger partial charge on any atom is -0.490 e. The summed E-state index contributed by atoms with van der Waals surface area (Å²) in [6.07, 6.45) is 6.15. The third-order valence-electron chi connectivity index (χ3n) is 9.95. The first-order chi connectivity index (χ1) is 29.4. The second-order valence-electron chi connectivity index (χ2n) is 15.4. The second kappa shape index (κ2) is 23.5. The smallest absolute Gasteiger partial charge is 0.266 e. The van der Waals surface area contributed by atoms with Crippen molar-refractivity contribution in [3.63, 3.8) is 0 Å². The van der Waals surface area contributed by atoms with E-state index in [1.165, 1.54) is 13.1 Å². The molecule has 3 aromatic rings. The van der Waals surface area contributed by atoms with E-state index < -0.39 is 23.8 Å². The lowest BCUT2D eigenvalue weighted by atomic mass is 9.94. The Kier molecular flexibility index (Phi) is 18.3. The van der Waals surface area contributed by atoms with Crippen LogP contribution in [-0.2, 0) is 39.8 Å². The number of carbonyl (C=O) groups excluding carboxylic acids is 5. The minimum atomic E-state index is -1.11.